The summed E-state index contributed by atoms with van der Waals surface area (Å²) in [6.45, 7) is 4.18. The van der Waals surface area contributed by atoms with Gasteiger partial charge in [-0.3, -0.25) is 19.2 Å². The van der Waals surface area contributed by atoms with E-state index in [0.29, 0.717) is 79.2 Å². The minimum Gasteiger partial charge on any atom is -0.508 e. The van der Waals surface area contributed by atoms with Crippen molar-refractivity contribution in [1.29, 1.82) is 0 Å². The first-order valence-electron chi connectivity index (χ1n) is 14.1. The number of anilines is 1. The number of imide groups is 1. The van der Waals surface area contributed by atoms with E-state index in [1.54, 1.807) is 58.3 Å². The van der Waals surface area contributed by atoms with Crippen LogP contribution in [0.1, 0.15) is 20.7 Å². The first-order valence-corrected chi connectivity index (χ1v) is 15.7. The van der Waals surface area contributed by atoms with E-state index in [2.05, 4.69) is 0 Å². The molecule has 10 nitrogen and oxygen atoms in total. The lowest BCUT2D eigenvalue weighted by atomic mass is 10.2. The quantitative estimate of drug-likeness (QED) is 0.386. The van der Waals surface area contributed by atoms with Gasteiger partial charge in [-0.25, -0.2) is 4.90 Å². The van der Waals surface area contributed by atoms with Crippen LogP contribution in [0.2, 0.25) is 0 Å². The van der Waals surface area contributed by atoms with Crippen molar-refractivity contribution in [2.45, 2.75) is 9.79 Å². The molecule has 2 fully saturated rings. The maximum atomic E-state index is 13.7. The SMILES string of the molecule is O=C(c1ccc(SC2=C(Sc3ccc(C(=O)N4CCOCC4)cc3)C(=O)N(c3ccc(O)cc3)C2=O)cc1)N1CCOCC1. The van der Waals surface area contributed by atoms with Gasteiger partial charge in [0, 0.05) is 47.1 Å². The molecule has 3 aromatic carbocycles. The molecule has 1 N–H and O–H groups in total. The maximum absolute atomic E-state index is 13.7. The maximum Gasteiger partial charge on any atom is 0.273 e. The molecule has 4 amide bonds. The summed E-state index contributed by atoms with van der Waals surface area (Å²) in [5, 5.41) is 9.74. The molecule has 0 atom stereocenters. The Morgan fingerprint density at radius 2 is 0.977 bits per heavy atom. The van der Waals surface area contributed by atoms with Crippen LogP contribution < -0.4 is 4.90 Å². The number of ether oxygens (including phenoxy) is 2. The zero-order valence-electron chi connectivity index (χ0n) is 23.6. The molecule has 6 rings (SSSR count). The number of carbonyl (C=O) groups excluding carboxylic acids is 4. The molecule has 0 unspecified atom stereocenters. The van der Waals surface area contributed by atoms with Crippen LogP contribution in [-0.2, 0) is 19.1 Å². The van der Waals surface area contributed by atoms with Crippen molar-refractivity contribution < 1.29 is 33.8 Å². The fraction of sp³-hybridized carbons (Fsp3) is 0.250. The molecule has 3 heterocycles. The van der Waals surface area contributed by atoms with Gasteiger partial charge in [0.25, 0.3) is 23.6 Å². The number of amides is 4. The van der Waals surface area contributed by atoms with E-state index < -0.39 is 11.8 Å². The first-order chi connectivity index (χ1) is 21.4. The van der Waals surface area contributed by atoms with Crippen molar-refractivity contribution in [1.82, 2.24) is 9.80 Å². The third kappa shape index (κ3) is 6.39. The summed E-state index contributed by atoms with van der Waals surface area (Å²) in [4.78, 5) is 59.7. The second-order valence-electron chi connectivity index (χ2n) is 10.2. The van der Waals surface area contributed by atoms with Gasteiger partial charge in [0.2, 0.25) is 0 Å². The Kier molecular flexibility index (Phi) is 9.03. The highest BCUT2D eigenvalue weighted by molar-refractivity contribution is 8.08. The highest BCUT2D eigenvalue weighted by Gasteiger charge is 2.40. The molecule has 3 aliphatic heterocycles. The van der Waals surface area contributed by atoms with E-state index >= 15 is 0 Å². The number of thioether (sulfide) groups is 2. The van der Waals surface area contributed by atoms with Gasteiger partial charge in [-0.05, 0) is 72.8 Å². The Labute approximate surface area is 262 Å². The minimum atomic E-state index is -0.485. The average molecular weight is 632 g/mol. The van der Waals surface area contributed by atoms with Crippen molar-refractivity contribution in [2.75, 3.05) is 57.5 Å². The van der Waals surface area contributed by atoms with Crippen LogP contribution in [0.4, 0.5) is 5.69 Å². The van der Waals surface area contributed by atoms with Crippen LogP contribution >= 0.6 is 23.5 Å². The van der Waals surface area contributed by atoms with Gasteiger partial charge >= 0.3 is 0 Å². The largest absolute Gasteiger partial charge is 0.508 e. The van der Waals surface area contributed by atoms with Gasteiger partial charge in [0.15, 0.2) is 0 Å². The van der Waals surface area contributed by atoms with Crippen LogP contribution in [-0.4, -0.2) is 91.1 Å². The summed E-state index contributed by atoms with van der Waals surface area (Å²) in [7, 11) is 0. The molecule has 226 valence electrons. The Bertz CT molecular complexity index is 1500. The Balaban J connectivity index is 1.25. The highest BCUT2D eigenvalue weighted by Crippen LogP contribution is 2.44. The summed E-state index contributed by atoms with van der Waals surface area (Å²) in [5.41, 5.74) is 1.40. The minimum absolute atomic E-state index is 0.0171. The number of aromatic hydroxyl groups is 1. The molecular weight excluding hydrogens is 603 g/mol. The molecule has 12 heteroatoms. The third-order valence-corrected chi connectivity index (χ3v) is 9.66. The smallest absolute Gasteiger partial charge is 0.273 e. The standard InChI is InChI=1S/C32H29N3O7S2/c36-24-7-5-23(6-8-24)35-31(39)27(43-25-9-1-21(2-10-25)29(37)33-13-17-41-18-14-33)28(32(35)40)44-26-11-3-22(4-12-26)30(38)34-15-19-42-20-16-34/h1-12,36H,13-20H2. The molecule has 0 bridgehead atoms. The number of phenolic OH excluding ortho intramolecular Hbond substituents is 1. The van der Waals surface area contributed by atoms with E-state index in [9.17, 15) is 24.3 Å². The predicted octanol–water partition coefficient (Wildman–Crippen LogP) is 4.01. The summed E-state index contributed by atoms with van der Waals surface area (Å²) in [5.74, 6) is -1.12. The van der Waals surface area contributed by atoms with Gasteiger partial charge < -0.3 is 24.4 Å². The predicted molar refractivity (Wildman–Crippen MR) is 166 cm³/mol. The van der Waals surface area contributed by atoms with Crippen molar-refractivity contribution in [3.8, 4) is 5.75 Å². The zero-order valence-corrected chi connectivity index (χ0v) is 25.3. The molecule has 2 saturated heterocycles. The van der Waals surface area contributed by atoms with Crippen molar-refractivity contribution in [3.05, 3.63) is 93.7 Å². The lowest BCUT2D eigenvalue weighted by Gasteiger charge is -2.26. The lowest BCUT2D eigenvalue weighted by Crippen LogP contribution is -2.40. The van der Waals surface area contributed by atoms with Crippen LogP contribution in [0.3, 0.4) is 0 Å². The van der Waals surface area contributed by atoms with E-state index in [1.165, 1.54) is 24.3 Å². The van der Waals surface area contributed by atoms with Crippen molar-refractivity contribution in [3.63, 3.8) is 0 Å². The number of morpholine rings is 2. The summed E-state index contributed by atoms with van der Waals surface area (Å²) < 4.78 is 10.7. The summed E-state index contributed by atoms with van der Waals surface area (Å²) in [6.07, 6.45) is 0. The monoisotopic (exact) mass is 631 g/mol. The summed E-state index contributed by atoms with van der Waals surface area (Å²) >= 11 is 2.31. The van der Waals surface area contributed by atoms with Gasteiger partial charge in [0.1, 0.15) is 5.75 Å². The fourth-order valence-corrected chi connectivity index (χ4v) is 6.95. The topological polar surface area (TPSA) is 117 Å². The number of hydrogen-bond acceptors (Lipinski definition) is 9. The van der Waals surface area contributed by atoms with Crippen LogP contribution in [0.5, 0.6) is 5.75 Å². The molecule has 0 aromatic heterocycles. The lowest BCUT2D eigenvalue weighted by molar-refractivity contribution is -0.120. The second kappa shape index (κ2) is 13.3. The fourth-order valence-electron chi connectivity index (χ4n) is 4.97. The molecule has 0 radical (unpaired) electrons. The van der Waals surface area contributed by atoms with Gasteiger partial charge in [-0.15, -0.1) is 0 Å². The number of carbonyl (C=O) groups is 4. The van der Waals surface area contributed by atoms with E-state index in [0.717, 1.165) is 28.4 Å². The number of nitrogens with zero attached hydrogens (tertiary/aromatic N) is 3. The molecule has 3 aromatic rings. The van der Waals surface area contributed by atoms with E-state index in [1.807, 2.05) is 0 Å². The van der Waals surface area contributed by atoms with E-state index in [-0.39, 0.29) is 27.4 Å². The van der Waals surface area contributed by atoms with Gasteiger partial charge in [-0.2, -0.15) is 0 Å². The van der Waals surface area contributed by atoms with Crippen molar-refractivity contribution in [2.24, 2.45) is 0 Å². The molecule has 0 saturated carbocycles. The Morgan fingerprint density at radius 1 is 0.591 bits per heavy atom. The third-order valence-electron chi connectivity index (χ3n) is 7.35. The molecule has 0 spiro atoms. The molecular formula is C32H29N3O7S2. The first kappa shape index (κ1) is 29.9. The summed E-state index contributed by atoms with van der Waals surface area (Å²) in [6, 6.07) is 19.8. The molecule has 44 heavy (non-hydrogen) atoms. The number of phenols is 1. The second-order valence-corrected chi connectivity index (χ2v) is 12.3. The normalized spacial score (nSPS) is 17.4. The Hall–Kier alpha value is -4.10. The average Bonchev–Trinajstić information content (AvgIpc) is 3.29. The molecule has 3 aliphatic rings. The number of rotatable bonds is 7. The van der Waals surface area contributed by atoms with Gasteiger partial charge in [0.05, 0.1) is 41.9 Å². The zero-order chi connectivity index (χ0) is 30.6. The van der Waals surface area contributed by atoms with Crippen LogP contribution in [0.15, 0.2) is 92.4 Å². The molecule has 0 aliphatic carbocycles. The van der Waals surface area contributed by atoms with Crippen LogP contribution in [0, 0.1) is 0 Å². The number of benzene rings is 3. The van der Waals surface area contributed by atoms with Gasteiger partial charge in [-0.1, -0.05) is 23.5 Å². The van der Waals surface area contributed by atoms with Crippen molar-refractivity contribution >= 4 is 52.8 Å². The Morgan fingerprint density at radius 3 is 1.36 bits per heavy atom. The number of hydrogen-bond donors (Lipinski definition) is 1. The van der Waals surface area contributed by atoms with Crippen LogP contribution in [0.25, 0.3) is 0 Å². The highest BCUT2D eigenvalue weighted by atomic mass is 32.2. The van der Waals surface area contributed by atoms with E-state index in [4.69, 9.17) is 9.47 Å².